The zero-order valence-electron chi connectivity index (χ0n) is 66.9. The number of nitrogens with zero attached hydrogens (tertiary/aromatic N) is 6. The van der Waals surface area contributed by atoms with Crippen molar-refractivity contribution in [1.82, 2.24) is 50.0 Å². The Morgan fingerprint density at radius 1 is 0.418 bits per heavy atom. The third-order valence-electron chi connectivity index (χ3n) is 17.8. The van der Waals surface area contributed by atoms with Crippen LogP contribution in [0.3, 0.4) is 0 Å². The number of nitrogens with one attached hydrogen (secondary N) is 4. The summed E-state index contributed by atoms with van der Waals surface area (Å²) in [7, 11) is -46.3. The molecule has 0 bridgehead atoms. The van der Waals surface area contributed by atoms with Crippen LogP contribution >= 0.6 is 138 Å². The number of aliphatic hydroxyl groups is 10. The first kappa shape index (κ1) is 121. The van der Waals surface area contributed by atoms with Gasteiger partial charge in [-0.05, 0) is 38.5 Å². The second kappa shape index (κ2) is 47.5. The fraction of sp³-hybridized carbons (Fsp3) is 0.552. The lowest BCUT2D eigenvalue weighted by molar-refractivity contribution is -0.121. The van der Waals surface area contributed by atoms with Gasteiger partial charge in [0.05, 0.1) is 46.7 Å². The Kier molecular flexibility index (Phi) is 42.7. The van der Waals surface area contributed by atoms with Crippen LogP contribution < -0.4 is 32.5 Å². The Morgan fingerprint density at radius 3 is 0.955 bits per heavy atom. The van der Waals surface area contributed by atoms with E-state index in [2.05, 4.69) is 92.7 Å². The van der Waals surface area contributed by atoms with Crippen molar-refractivity contribution in [1.29, 1.82) is 0 Å². The third-order valence-corrected chi connectivity index (χ3v) is 36.9. The minimum atomic E-state index is -4.86. The first-order valence-corrected chi connectivity index (χ1v) is 56.2. The first-order valence-electron chi connectivity index (χ1n) is 35.8. The maximum absolute atomic E-state index is 13.4. The van der Waals surface area contributed by atoms with E-state index in [1.807, 2.05) is 0 Å². The summed E-state index contributed by atoms with van der Waals surface area (Å²) < 4.78 is 177. The van der Waals surface area contributed by atoms with E-state index in [1.165, 1.54) is 22.2 Å². The van der Waals surface area contributed by atoms with Crippen molar-refractivity contribution in [3.05, 3.63) is 132 Å². The summed E-state index contributed by atoms with van der Waals surface area (Å²) in [6.45, 7) is 13.8. The van der Waals surface area contributed by atoms with Crippen molar-refractivity contribution in [3.63, 3.8) is 0 Å². The molecule has 0 aromatic carbocycles. The number of amides is 4. The smallest absolute Gasteiger partial charge is 0.340 e. The van der Waals surface area contributed by atoms with Gasteiger partial charge in [-0.3, -0.25) is 78.8 Å². The predicted octanol–water partition coefficient (Wildman–Crippen LogP) is -5.55. The minimum absolute atomic E-state index is 0. The molecule has 0 aliphatic carbocycles. The second-order valence-corrected chi connectivity index (χ2v) is 51.4. The van der Waals surface area contributed by atoms with E-state index in [1.54, 1.807) is 22.6 Å². The summed E-state index contributed by atoms with van der Waals surface area (Å²) in [6.07, 6.45) is -23.6. The molecule has 1 aromatic heterocycles. The molecule has 5 fully saturated rings. The Morgan fingerprint density at radius 2 is 0.664 bits per heavy atom. The van der Waals surface area contributed by atoms with Crippen LogP contribution in [0.5, 0.6) is 0 Å². The second-order valence-electron chi connectivity index (χ2n) is 28.6. The van der Waals surface area contributed by atoms with Crippen LogP contribution in [0.4, 0.5) is 4.39 Å². The van der Waals surface area contributed by atoms with Gasteiger partial charge in [-0.2, -0.15) is 4.39 Å². The van der Waals surface area contributed by atoms with Crippen LogP contribution in [-0.2, 0) is 118 Å². The summed E-state index contributed by atoms with van der Waals surface area (Å²) in [4.78, 5) is 209. The van der Waals surface area contributed by atoms with Crippen LogP contribution in [0.15, 0.2) is 116 Å². The summed E-state index contributed by atoms with van der Waals surface area (Å²) in [6, 6.07) is 0. The first-order chi connectivity index (χ1) is 60.4. The molecule has 25 atom stereocenters. The molecule has 764 valence electrons. The molecule has 61 nitrogen and oxygen atoms in total. The Bertz CT molecular complexity index is 4920. The molecule has 29 N–H and O–H groups in total. The van der Waals surface area contributed by atoms with Crippen LogP contribution in [0.1, 0.15) is 19.2 Å². The van der Waals surface area contributed by atoms with E-state index in [0.717, 1.165) is 33.8 Å². The fourth-order valence-electron chi connectivity index (χ4n) is 11.8. The Labute approximate surface area is 783 Å². The number of ether oxygens (including phenoxy) is 5. The highest BCUT2D eigenvalue weighted by Crippen LogP contribution is 2.60. The lowest BCUT2D eigenvalue weighted by Crippen LogP contribution is -2.47. The topological polar surface area (TPSA) is 942 Å². The van der Waals surface area contributed by atoms with Crippen LogP contribution in [0.25, 0.3) is 5.03 Å². The van der Waals surface area contributed by atoms with E-state index in [-0.39, 0.29) is 54.4 Å². The number of carbonyl (C=O) groups excluding carboxylic acids is 4. The number of aliphatic hydroxyl groups excluding tert-OH is 10. The maximum atomic E-state index is 13.4. The number of halogens is 5. The highest BCUT2D eigenvalue weighted by molar-refractivity contribution is 14.1. The van der Waals surface area contributed by atoms with Crippen molar-refractivity contribution in [2.45, 2.75) is 130 Å². The van der Waals surface area contributed by atoms with Gasteiger partial charge in [-0.1, -0.05) is 63.5 Å². The quantitative estimate of drug-likeness (QED) is 0.0243. The summed E-state index contributed by atoms with van der Waals surface area (Å²) in [5, 5.41) is 110. The van der Waals surface area contributed by atoms with Gasteiger partial charge < -0.3 is 212 Å². The molecule has 76 heteroatoms. The summed E-state index contributed by atoms with van der Waals surface area (Å²) in [5.74, 6) is -10.8. The van der Waals surface area contributed by atoms with Crippen molar-refractivity contribution in [2.75, 3.05) is 62.5 Å². The molecule has 10 rings (SSSR count). The average molecular weight is 2350 g/mol. The van der Waals surface area contributed by atoms with Crippen LogP contribution in [0.2, 0.25) is 0 Å². The maximum Gasteiger partial charge on any atom is 0.340 e. The van der Waals surface area contributed by atoms with Crippen LogP contribution in [0, 0.1) is 0 Å². The van der Waals surface area contributed by atoms with E-state index in [4.69, 9.17) is 95.8 Å². The van der Waals surface area contributed by atoms with Gasteiger partial charge in [0, 0.05) is 43.1 Å². The summed E-state index contributed by atoms with van der Waals surface area (Å²) >= 11 is 16.2. The van der Waals surface area contributed by atoms with Crippen molar-refractivity contribution in [2.24, 2.45) is 7.05 Å². The molecule has 0 radical (unpaired) electrons. The van der Waals surface area contributed by atoms with Gasteiger partial charge >= 0.3 is 81.6 Å². The molecule has 10 unspecified atom stereocenters. The standard InChI is InChI=1S/C13H19ClN2O11P2.C11H17BrN2O10P2.C11H17ClN2O10P2.C11H17FN2O10P2.C11H17IN2O10P2.CH4/c1-6(14)7-3-16(13(20)15(2)11(7)19)12-10(18)9(17)8(27-12)4-26-29(24,25)5-28(21,22)23;4*1-5-13-10(17)6(12)2-14(5)11-9(16)8(15)7(24-11)3-23-26(21,22)4-25(18,19)20;/h3,8-10,12,17-18H,1,4-5H2,2H3,(H,24,25)(H2,21,22,23);4*2,7-9,11,15-16H,1,3-4H2,(H,13,17)(H,21,22)(H2,18,19,20);1H4/t8-,9+,10?,12-;4*7-,8+,9?,11-;/m11111./s1. The van der Waals surface area contributed by atoms with Crippen LogP contribution in [-0.4, -0.2) is 356 Å². The van der Waals surface area contributed by atoms with Crippen molar-refractivity contribution < 1.29 is 240 Å². The van der Waals surface area contributed by atoms with Gasteiger partial charge in [-0.25, -0.2) is 4.79 Å². The third kappa shape index (κ3) is 34.7. The van der Waals surface area contributed by atoms with Gasteiger partial charge in [-0.15, -0.1) is 0 Å². The minimum Gasteiger partial charge on any atom is -0.387 e. The number of hydrogen-bond acceptors (Lipinski definition) is 40. The molecule has 10 heterocycles. The molecule has 1 aromatic rings. The van der Waals surface area contributed by atoms with E-state index in [9.17, 15) is 154 Å². The van der Waals surface area contributed by atoms with E-state index < -0.39 is 302 Å². The predicted molar refractivity (Wildman–Crippen MR) is 458 cm³/mol. The van der Waals surface area contributed by atoms with Gasteiger partial charge in [0.2, 0.25) is 5.83 Å². The fourth-order valence-corrected chi connectivity index (χ4v) is 25.7. The number of hydrogen-bond donors (Lipinski definition) is 29. The van der Waals surface area contributed by atoms with E-state index >= 15 is 0 Å². The lowest BCUT2D eigenvalue weighted by Gasteiger charge is -2.33. The number of carbonyl (C=O) groups is 4. The molecular formula is C58H91BrCl2FIN10O51P10. The molecule has 9 aliphatic rings. The molecule has 9 aliphatic heterocycles. The number of aromatic nitrogens is 2. The molecule has 134 heavy (non-hydrogen) atoms. The average Bonchev–Trinajstić information content (AvgIpc) is 1.51. The van der Waals surface area contributed by atoms with Gasteiger partial charge in [0.25, 0.3) is 29.2 Å². The van der Waals surface area contributed by atoms with Gasteiger partial charge in [0.15, 0.2) is 60.7 Å². The summed E-state index contributed by atoms with van der Waals surface area (Å²) in [5.41, 5.74) is -1.83. The molecule has 0 spiro atoms. The normalized spacial score (nSPS) is 30.9. The largest absolute Gasteiger partial charge is 0.387 e. The highest BCUT2D eigenvalue weighted by Gasteiger charge is 2.54. The molecule has 5 saturated heterocycles. The van der Waals surface area contributed by atoms with E-state index in [0.29, 0.717) is 10.8 Å². The molecular weight excluding hydrogens is 2260 g/mol. The Hall–Kier alpha value is -3.96. The zero-order valence-corrected chi connectivity index (χ0v) is 81.1. The SMILES string of the molecule is C.C=C(Cl)c1cn([C@@H]2O[C@H](COP(=O)(O)CP(=O)(O)O)[C@H](O)C2O)c(=O)n(C)c1=O.C=C1NC(=O)C(Br)=CN1[C@@H]1O[C@H](COP(=O)(O)CP(=O)(O)O)[C@H](O)C1O.C=C1NC(=O)C(Cl)=CN1[C@@H]1O[C@H](COP(=O)(O)CP(=O)(O)O)[C@H](O)C1O.C=C1NC(=O)C(F)=CN1[C@@H]1O[C@H](COP(=O)(O)CP(=O)(O)O)[C@H](O)C1O.C=C1NC(=O)C(I)=CN1[C@@H]1O[C@H](COP(=O)(O)CP(=O)(O)O)[C@H](O)C1O. The van der Waals surface area contributed by atoms with Crippen molar-refractivity contribution in [3.8, 4) is 0 Å². The van der Waals surface area contributed by atoms with Gasteiger partial charge in [0.1, 0.15) is 120 Å². The Balaban J connectivity index is 0.000000296. The van der Waals surface area contributed by atoms with Crippen molar-refractivity contribution >= 4 is 166 Å². The zero-order chi connectivity index (χ0) is 102. The number of rotatable bonds is 31. The monoisotopic (exact) mass is 2350 g/mol. The highest BCUT2D eigenvalue weighted by atomic mass is 127. The molecule has 4 amide bonds. The lowest BCUT2D eigenvalue weighted by atomic mass is 10.1. The molecule has 0 saturated carbocycles.